The molecule has 0 saturated carbocycles. The number of rotatable bonds is 2. The third-order valence-corrected chi connectivity index (χ3v) is 3.44. The molecule has 2 aromatic carbocycles. The van der Waals surface area contributed by atoms with Crippen molar-refractivity contribution in [3.8, 4) is 0 Å². The Balaban J connectivity index is 2.37. The molecule has 0 aliphatic rings. The molecule has 2 rings (SSSR count). The smallest absolute Gasteiger partial charge is 0.0535 e. The molecule has 17 heavy (non-hydrogen) atoms. The number of thiol groups is 2. The Morgan fingerprint density at radius 3 is 1.59 bits per heavy atom. The van der Waals surface area contributed by atoms with E-state index in [-0.39, 0.29) is 0 Å². The maximum absolute atomic E-state index is 5.93. The fourth-order valence-electron chi connectivity index (χ4n) is 1.36. The average Bonchev–Trinajstić information content (AvgIpc) is 2.28. The second-order valence-electron chi connectivity index (χ2n) is 3.45. The van der Waals surface area contributed by atoms with Crippen LogP contribution in [-0.2, 0) is 0 Å². The Bertz CT molecular complexity index is 509. The molecule has 0 aromatic heterocycles. The molecule has 2 aromatic rings. The standard InChI is InChI=1S/C12H9Cl2NS2/c13-7-1-3-11(16)9(5-7)15-10-6-8(14)2-4-12(10)17/h1-6,15-17H. The van der Waals surface area contributed by atoms with Crippen LogP contribution >= 0.6 is 48.5 Å². The predicted octanol–water partition coefficient (Wildman–Crippen LogP) is 5.31. The third kappa shape index (κ3) is 3.26. The molecule has 0 radical (unpaired) electrons. The minimum atomic E-state index is 0.646. The van der Waals surface area contributed by atoms with Crippen molar-refractivity contribution in [1.29, 1.82) is 0 Å². The van der Waals surface area contributed by atoms with Crippen molar-refractivity contribution in [1.82, 2.24) is 0 Å². The Morgan fingerprint density at radius 2 is 1.18 bits per heavy atom. The summed E-state index contributed by atoms with van der Waals surface area (Å²) in [6, 6.07) is 10.8. The molecule has 0 atom stereocenters. The summed E-state index contributed by atoms with van der Waals surface area (Å²) in [5, 5.41) is 4.49. The average molecular weight is 302 g/mol. The zero-order chi connectivity index (χ0) is 12.4. The van der Waals surface area contributed by atoms with Crippen molar-refractivity contribution >= 4 is 59.8 Å². The lowest BCUT2D eigenvalue weighted by Gasteiger charge is -2.11. The first kappa shape index (κ1) is 13.0. The van der Waals surface area contributed by atoms with Gasteiger partial charge in [0.15, 0.2) is 0 Å². The Kier molecular flexibility index (Phi) is 4.15. The van der Waals surface area contributed by atoms with Gasteiger partial charge in [0.2, 0.25) is 0 Å². The number of hydrogen-bond donors (Lipinski definition) is 3. The molecule has 0 fully saturated rings. The molecule has 0 aliphatic carbocycles. The normalized spacial score (nSPS) is 10.4. The molecule has 0 spiro atoms. The van der Waals surface area contributed by atoms with Gasteiger partial charge in [0.25, 0.3) is 0 Å². The van der Waals surface area contributed by atoms with Crippen molar-refractivity contribution in [2.75, 3.05) is 5.32 Å². The van der Waals surface area contributed by atoms with E-state index in [4.69, 9.17) is 23.2 Å². The lowest BCUT2D eigenvalue weighted by atomic mass is 10.2. The molecular formula is C12H9Cl2NS2. The van der Waals surface area contributed by atoms with Crippen molar-refractivity contribution in [3.05, 3.63) is 46.4 Å². The van der Waals surface area contributed by atoms with Crippen LogP contribution in [0.25, 0.3) is 0 Å². The van der Waals surface area contributed by atoms with E-state index in [9.17, 15) is 0 Å². The first-order chi connectivity index (χ1) is 8.06. The Labute approximate surface area is 121 Å². The van der Waals surface area contributed by atoms with E-state index in [0.717, 1.165) is 21.2 Å². The minimum absolute atomic E-state index is 0.646. The van der Waals surface area contributed by atoms with Gasteiger partial charge >= 0.3 is 0 Å². The lowest BCUT2D eigenvalue weighted by Crippen LogP contribution is -1.93. The molecular weight excluding hydrogens is 293 g/mol. The van der Waals surface area contributed by atoms with Crippen LogP contribution < -0.4 is 5.32 Å². The van der Waals surface area contributed by atoms with Gasteiger partial charge < -0.3 is 5.32 Å². The van der Waals surface area contributed by atoms with Crippen LogP contribution in [-0.4, -0.2) is 0 Å². The SMILES string of the molecule is Sc1ccc(Cl)cc1Nc1cc(Cl)ccc1S. The summed E-state index contributed by atoms with van der Waals surface area (Å²) in [7, 11) is 0. The molecule has 0 amide bonds. The summed E-state index contributed by atoms with van der Waals surface area (Å²) in [6.07, 6.45) is 0. The van der Waals surface area contributed by atoms with Crippen molar-refractivity contribution in [2.24, 2.45) is 0 Å². The van der Waals surface area contributed by atoms with Crippen molar-refractivity contribution in [2.45, 2.75) is 9.79 Å². The molecule has 0 unspecified atom stereocenters. The predicted molar refractivity (Wildman–Crippen MR) is 80.7 cm³/mol. The minimum Gasteiger partial charge on any atom is -0.354 e. The molecule has 0 bridgehead atoms. The highest BCUT2D eigenvalue weighted by atomic mass is 35.5. The number of nitrogens with one attached hydrogen (secondary N) is 1. The van der Waals surface area contributed by atoms with Crippen LogP contribution in [0.3, 0.4) is 0 Å². The molecule has 0 heterocycles. The van der Waals surface area contributed by atoms with Gasteiger partial charge in [-0.05, 0) is 36.4 Å². The third-order valence-electron chi connectivity index (χ3n) is 2.19. The van der Waals surface area contributed by atoms with Gasteiger partial charge in [0, 0.05) is 19.8 Å². The molecule has 0 aliphatic heterocycles. The van der Waals surface area contributed by atoms with Crippen molar-refractivity contribution < 1.29 is 0 Å². The van der Waals surface area contributed by atoms with Gasteiger partial charge in [-0.25, -0.2) is 0 Å². The van der Waals surface area contributed by atoms with E-state index in [1.807, 2.05) is 12.1 Å². The van der Waals surface area contributed by atoms with E-state index >= 15 is 0 Å². The maximum Gasteiger partial charge on any atom is 0.0535 e. The van der Waals surface area contributed by atoms with E-state index in [1.54, 1.807) is 24.3 Å². The van der Waals surface area contributed by atoms with Crippen LogP contribution in [0.15, 0.2) is 46.2 Å². The van der Waals surface area contributed by atoms with Crippen LogP contribution in [0.1, 0.15) is 0 Å². The van der Waals surface area contributed by atoms with Crippen LogP contribution in [0, 0.1) is 0 Å². The zero-order valence-corrected chi connectivity index (χ0v) is 11.9. The van der Waals surface area contributed by atoms with Gasteiger partial charge in [-0.15, -0.1) is 25.3 Å². The topological polar surface area (TPSA) is 12.0 Å². The first-order valence-electron chi connectivity index (χ1n) is 4.80. The first-order valence-corrected chi connectivity index (χ1v) is 6.45. The van der Waals surface area contributed by atoms with Crippen LogP contribution in [0.5, 0.6) is 0 Å². The molecule has 1 N–H and O–H groups in total. The molecule has 1 nitrogen and oxygen atoms in total. The van der Waals surface area contributed by atoms with E-state index < -0.39 is 0 Å². The highest BCUT2D eigenvalue weighted by molar-refractivity contribution is 7.80. The Morgan fingerprint density at radius 1 is 0.765 bits per heavy atom. The van der Waals surface area contributed by atoms with E-state index in [1.165, 1.54) is 0 Å². The van der Waals surface area contributed by atoms with Gasteiger partial charge in [-0.1, -0.05) is 23.2 Å². The highest BCUT2D eigenvalue weighted by Gasteiger charge is 2.04. The largest absolute Gasteiger partial charge is 0.354 e. The summed E-state index contributed by atoms with van der Waals surface area (Å²) in [6.45, 7) is 0. The van der Waals surface area contributed by atoms with Crippen LogP contribution in [0.4, 0.5) is 11.4 Å². The molecule has 88 valence electrons. The fraction of sp³-hybridized carbons (Fsp3) is 0. The maximum atomic E-state index is 5.93. The number of hydrogen-bond acceptors (Lipinski definition) is 3. The summed E-state index contributed by atoms with van der Waals surface area (Å²) in [4.78, 5) is 1.62. The fourth-order valence-corrected chi connectivity index (χ4v) is 2.10. The van der Waals surface area contributed by atoms with Gasteiger partial charge in [0.1, 0.15) is 0 Å². The summed E-state index contributed by atoms with van der Waals surface area (Å²) >= 11 is 20.6. The zero-order valence-electron chi connectivity index (χ0n) is 8.61. The van der Waals surface area contributed by atoms with Crippen LogP contribution in [0.2, 0.25) is 10.0 Å². The van der Waals surface area contributed by atoms with E-state index in [2.05, 4.69) is 30.6 Å². The highest BCUT2D eigenvalue weighted by Crippen LogP contribution is 2.31. The van der Waals surface area contributed by atoms with Gasteiger partial charge in [-0.3, -0.25) is 0 Å². The summed E-state index contributed by atoms with van der Waals surface area (Å²) in [5.41, 5.74) is 1.64. The number of anilines is 2. The molecule has 5 heteroatoms. The summed E-state index contributed by atoms with van der Waals surface area (Å²) < 4.78 is 0. The molecule has 0 saturated heterocycles. The van der Waals surface area contributed by atoms with Gasteiger partial charge in [-0.2, -0.15) is 0 Å². The monoisotopic (exact) mass is 301 g/mol. The number of benzene rings is 2. The number of halogens is 2. The Hall–Kier alpha value is -0.480. The van der Waals surface area contributed by atoms with Gasteiger partial charge in [0.05, 0.1) is 11.4 Å². The van der Waals surface area contributed by atoms with E-state index in [0.29, 0.717) is 10.0 Å². The quantitative estimate of drug-likeness (QED) is 0.638. The second kappa shape index (κ2) is 5.44. The summed E-state index contributed by atoms with van der Waals surface area (Å²) in [5.74, 6) is 0. The van der Waals surface area contributed by atoms with Crippen molar-refractivity contribution in [3.63, 3.8) is 0 Å². The second-order valence-corrected chi connectivity index (χ2v) is 5.28. The lowest BCUT2D eigenvalue weighted by molar-refractivity contribution is 1.37.